The number of pyridine rings is 1. The van der Waals surface area contributed by atoms with Crippen molar-refractivity contribution in [2.45, 2.75) is 26.2 Å². The number of rotatable bonds is 7. The van der Waals surface area contributed by atoms with Gasteiger partial charge in [0.05, 0.1) is 5.56 Å². The zero-order valence-corrected chi connectivity index (χ0v) is 16.7. The summed E-state index contributed by atoms with van der Waals surface area (Å²) in [7, 11) is 0. The van der Waals surface area contributed by atoms with Crippen LogP contribution in [0.15, 0.2) is 41.2 Å². The Morgan fingerprint density at radius 3 is 2.56 bits per heavy atom. The number of anilines is 1. The second-order valence-corrected chi connectivity index (χ2v) is 6.80. The number of carboxylic acids is 1. The summed E-state index contributed by atoms with van der Waals surface area (Å²) >= 11 is 0. The fraction of sp³-hybridized carbons (Fsp3) is 0.250. The summed E-state index contributed by atoms with van der Waals surface area (Å²) in [6.45, 7) is 1.32. The Morgan fingerprint density at radius 1 is 1.16 bits per heavy atom. The van der Waals surface area contributed by atoms with Crippen LogP contribution in [0, 0.1) is 0 Å². The zero-order chi connectivity index (χ0) is 23.5. The first-order chi connectivity index (χ1) is 15.1. The zero-order valence-electron chi connectivity index (χ0n) is 16.7. The summed E-state index contributed by atoms with van der Waals surface area (Å²) in [5.74, 6) is -1.59. The molecule has 3 rings (SSSR count). The summed E-state index contributed by atoms with van der Waals surface area (Å²) in [5, 5.41) is 14.6. The van der Waals surface area contributed by atoms with Gasteiger partial charge in [0.2, 0.25) is 11.6 Å². The number of aromatic nitrogens is 3. The fourth-order valence-electron chi connectivity index (χ4n) is 2.96. The summed E-state index contributed by atoms with van der Waals surface area (Å²) in [4.78, 5) is 43.2. The highest BCUT2D eigenvalue weighted by atomic mass is 19.4. The van der Waals surface area contributed by atoms with Gasteiger partial charge in [-0.15, -0.1) is 0 Å². The maximum atomic E-state index is 12.9. The fourth-order valence-corrected chi connectivity index (χ4v) is 2.96. The van der Waals surface area contributed by atoms with Crippen LogP contribution in [0.1, 0.15) is 28.5 Å². The third-order valence-corrected chi connectivity index (χ3v) is 4.43. The van der Waals surface area contributed by atoms with Crippen molar-refractivity contribution in [3.8, 4) is 0 Å². The minimum absolute atomic E-state index is 0.0270. The summed E-state index contributed by atoms with van der Waals surface area (Å²) < 4.78 is 39.7. The number of aromatic carboxylic acids is 1. The maximum absolute atomic E-state index is 12.9. The highest BCUT2D eigenvalue weighted by Gasteiger charge is 2.30. The minimum Gasteiger partial charge on any atom is -0.476 e. The van der Waals surface area contributed by atoms with Crippen molar-refractivity contribution in [1.82, 2.24) is 19.9 Å². The van der Waals surface area contributed by atoms with Crippen LogP contribution in [-0.2, 0) is 24.1 Å². The van der Waals surface area contributed by atoms with Gasteiger partial charge in [0.25, 0.3) is 5.56 Å². The quantitative estimate of drug-likeness (QED) is 0.505. The van der Waals surface area contributed by atoms with Crippen LogP contribution >= 0.6 is 0 Å². The number of alkyl halides is 3. The van der Waals surface area contributed by atoms with Crippen molar-refractivity contribution in [2.75, 3.05) is 11.9 Å². The van der Waals surface area contributed by atoms with Crippen LogP contribution in [0.3, 0.4) is 0 Å². The Hall–Kier alpha value is -3.96. The van der Waals surface area contributed by atoms with Crippen LogP contribution < -0.4 is 16.2 Å². The van der Waals surface area contributed by atoms with Gasteiger partial charge in [-0.3, -0.25) is 14.2 Å². The van der Waals surface area contributed by atoms with Crippen LogP contribution in [-0.4, -0.2) is 38.1 Å². The Labute approximate surface area is 178 Å². The molecule has 0 spiro atoms. The average Bonchev–Trinajstić information content (AvgIpc) is 2.72. The molecule has 3 N–H and O–H groups in total. The molecule has 0 saturated heterocycles. The smallest absolute Gasteiger partial charge is 0.416 e. The van der Waals surface area contributed by atoms with Gasteiger partial charge in [-0.25, -0.2) is 14.8 Å². The lowest BCUT2D eigenvalue weighted by Crippen LogP contribution is -2.33. The lowest BCUT2D eigenvalue weighted by molar-refractivity contribution is -0.137. The van der Waals surface area contributed by atoms with E-state index in [1.165, 1.54) is 31.2 Å². The molecule has 3 aromatic rings. The SMILES string of the molecule is CC(=O)NCCn1c(=O)c(C(=O)O)nc2ccc(NCc3cccc(C(F)(F)F)c3)nc21. The molecular formula is C20H18F3N5O4. The molecule has 1 amide bonds. The molecule has 0 bridgehead atoms. The van der Waals surface area contributed by atoms with Crippen LogP contribution in [0.5, 0.6) is 0 Å². The number of carbonyl (C=O) groups is 2. The first kappa shape index (κ1) is 22.7. The first-order valence-corrected chi connectivity index (χ1v) is 9.35. The molecule has 2 heterocycles. The Morgan fingerprint density at radius 2 is 1.91 bits per heavy atom. The number of fused-ring (bicyclic) bond motifs is 1. The molecule has 9 nitrogen and oxygen atoms in total. The molecule has 0 atom stereocenters. The summed E-state index contributed by atoms with van der Waals surface area (Å²) in [5.41, 5.74) is -1.79. The van der Waals surface area contributed by atoms with E-state index >= 15 is 0 Å². The van der Waals surface area contributed by atoms with Gasteiger partial charge in [-0.05, 0) is 29.8 Å². The van der Waals surface area contributed by atoms with Crippen LogP contribution in [0.2, 0.25) is 0 Å². The molecule has 2 aromatic heterocycles. The average molecular weight is 449 g/mol. The van der Waals surface area contributed by atoms with E-state index in [1.54, 1.807) is 0 Å². The van der Waals surface area contributed by atoms with E-state index < -0.39 is 29.0 Å². The molecule has 0 aliphatic carbocycles. The van der Waals surface area contributed by atoms with Gasteiger partial charge in [-0.2, -0.15) is 13.2 Å². The van der Waals surface area contributed by atoms with Gasteiger partial charge in [0.15, 0.2) is 5.65 Å². The van der Waals surface area contributed by atoms with Gasteiger partial charge >= 0.3 is 12.1 Å². The molecule has 0 aliphatic heterocycles. The number of hydrogen-bond donors (Lipinski definition) is 3. The van der Waals surface area contributed by atoms with E-state index in [-0.39, 0.29) is 42.5 Å². The molecule has 12 heteroatoms. The van der Waals surface area contributed by atoms with Gasteiger partial charge in [-0.1, -0.05) is 12.1 Å². The van der Waals surface area contributed by atoms with E-state index in [4.69, 9.17) is 0 Å². The van der Waals surface area contributed by atoms with E-state index in [9.17, 15) is 32.7 Å². The second kappa shape index (κ2) is 9.04. The number of carbonyl (C=O) groups excluding carboxylic acids is 1. The molecule has 0 saturated carbocycles. The van der Waals surface area contributed by atoms with Crippen molar-refractivity contribution in [2.24, 2.45) is 0 Å². The Bertz CT molecular complexity index is 1240. The van der Waals surface area contributed by atoms with Crippen molar-refractivity contribution >= 4 is 28.9 Å². The van der Waals surface area contributed by atoms with Crippen LogP contribution in [0.4, 0.5) is 19.0 Å². The topological polar surface area (TPSA) is 126 Å². The van der Waals surface area contributed by atoms with Crippen molar-refractivity contribution in [3.63, 3.8) is 0 Å². The number of carboxylic acid groups (broad SMARTS) is 1. The number of halogens is 3. The Balaban J connectivity index is 1.93. The van der Waals surface area contributed by atoms with E-state index in [2.05, 4.69) is 20.6 Å². The number of nitrogens with one attached hydrogen (secondary N) is 2. The Kier molecular flexibility index (Phi) is 6.42. The lowest BCUT2D eigenvalue weighted by atomic mass is 10.1. The highest BCUT2D eigenvalue weighted by Crippen LogP contribution is 2.29. The third kappa shape index (κ3) is 5.20. The van der Waals surface area contributed by atoms with Gasteiger partial charge in [0, 0.05) is 26.6 Å². The molecule has 0 radical (unpaired) electrons. The molecule has 0 aliphatic rings. The monoisotopic (exact) mass is 449 g/mol. The van der Waals surface area contributed by atoms with Gasteiger partial charge in [0.1, 0.15) is 11.3 Å². The largest absolute Gasteiger partial charge is 0.476 e. The molecule has 0 unspecified atom stereocenters. The predicted octanol–water partition coefficient (Wildman–Crippen LogP) is 2.26. The van der Waals surface area contributed by atoms with E-state index in [1.807, 2.05) is 0 Å². The summed E-state index contributed by atoms with van der Waals surface area (Å²) in [6, 6.07) is 7.71. The van der Waals surface area contributed by atoms with Gasteiger partial charge < -0.3 is 15.7 Å². The molecule has 1 aromatic carbocycles. The maximum Gasteiger partial charge on any atom is 0.416 e. The molecule has 0 fully saturated rings. The van der Waals surface area contributed by atoms with E-state index in [0.717, 1.165) is 16.7 Å². The molecule has 168 valence electrons. The number of amides is 1. The van der Waals surface area contributed by atoms with E-state index in [0.29, 0.717) is 5.56 Å². The number of benzene rings is 1. The summed E-state index contributed by atoms with van der Waals surface area (Å²) in [6.07, 6.45) is -4.46. The van der Waals surface area contributed by atoms with Crippen molar-refractivity contribution < 1.29 is 27.9 Å². The van der Waals surface area contributed by atoms with Crippen molar-refractivity contribution in [3.05, 3.63) is 63.6 Å². The standard InChI is InChI=1S/C20H18F3N5O4/c1-11(29)24-7-8-28-17-14(26-16(18(28)30)19(31)32)5-6-15(27-17)25-10-12-3-2-4-13(9-12)20(21,22)23/h2-6,9H,7-8,10H2,1H3,(H,24,29)(H,25,27)(H,31,32). The second-order valence-electron chi connectivity index (χ2n) is 6.80. The van der Waals surface area contributed by atoms with Crippen LogP contribution in [0.25, 0.3) is 11.2 Å². The first-order valence-electron chi connectivity index (χ1n) is 9.35. The van der Waals surface area contributed by atoms with Crippen molar-refractivity contribution in [1.29, 1.82) is 0 Å². The lowest BCUT2D eigenvalue weighted by Gasteiger charge is -2.13. The third-order valence-electron chi connectivity index (χ3n) is 4.43. The minimum atomic E-state index is -4.46. The molecular weight excluding hydrogens is 431 g/mol. The highest BCUT2D eigenvalue weighted by molar-refractivity contribution is 5.87. The predicted molar refractivity (Wildman–Crippen MR) is 108 cm³/mol. The number of nitrogens with zero attached hydrogens (tertiary/aromatic N) is 3. The number of hydrogen-bond acceptors (Lipinski definition) is 6. The molecule has 32 heavy (non-hydrogen) atoms. The normalized spacial score (nSPS) is 11.4.